The van der Waals surface area contributed by atoms with Crippen molar-refractivity contribution in [2.45, 2.75) is 20.3 Å². The van der Waals surface area contributed by atoms with Crippen molar-refractivity contribution in [3.8, 4) is 11.5 Å². The largest absolute Gasteiger partial charge is 0.507 e. The summed E-state index contributed by atoms with van der Waals surface area (Å²) in [6, 6.07) is 11.5. The maximum Gasteiger partial charge on any atom is 0.267 e. The van der Waals surface area contributed by atoms with Crippen molar-refractivity contribution in [1.82, 2.24) is 9.55 Å². The Bertz CT molecular complexity index is 1050. The maximum atomic E-state index is 13.1. The molecule has 1 aromatic heterocycles. The second-order valence-electron chi connectivity index (χ2n) is 6.87. The van der Waals surface area contributed by atoms with Crippen LogP contribution in [0.4, 0.5) is 0 Å². The second kappa shape index (κ2) is 9.06. The van der Waals surface area contributed by atoms with Crippen LogP contribution in [0.25, 0.3) is 12.2 Å². The summed E-state index contributed by atoms with van der Waals surface area (Å²) in [5, 5.41) is 11.1. The molecule has 3 aromatic rings. The summed E-state index contributed by atoms with van der Waals surface area (Å²) in [5.41, 5.74) is 3.47. The highest BCUT2D eigenvalue weighted by molar-refractivity contribution is 6.03. The lowest BCUT2D eigenvalue weighted by atomic mass is 9.96. The van der Waals surface area contributed by atoms with Gasteiger partial charge < -0.3 is 9.84 Å². The fraction of sp³-hybridized carbons (Fsp3) is 0.167. The Kier molecular flexibility index (Phi) is 6.29. The first-order chi connectivity index (χ1) is 14.0. The highest BCUT2D eigenvalue weighted by Crippen LogP contribution is 2.36. The van der Waals surface area contributed by atoms with Gasteiger partial charge in [0.15, 0.2) is 0 Å². The summed E-state index contributed by atoms with van der Waals surface area (Å²) in [6.45, 7) is 3.97. The molecule has 3 rings (SSSR count). The Morgan fingerprint density at radius 3 is 2.59 bits per heavy atom. The summed E-state index contributed by atoms with van der Waals surface area (Å²) >= 11 is 0. The monoisotopic (exact) mass is 388 g/mol. The molecule has 0 aliphatic carbocycles. The molecule has 0 bridgehead atoms. The van der Waals surface area contributed by atoms with Gasteiger partial charge >= 0.3 is 0 Å². The van der Waals surface area contributed by atoms with Gasteiger partial charge in [0.25, 0.3) is 5.91 Å². The van der Waals surface area contributed by atoms with Crippen molar-refractivity contribution in [1.29, 1.82) is 0 Å². The molecule has 0 saturated carbocycles. The van der Waals surface area contributed by atoms with Gasteiger partial charge in [-0.25, -0.2) is 4.98 Å². The zero-order chi connectivity index (χ0) is 20.8. The predicted octanol–water partition coefficient (Wildman–Crippen LogP) is 4.96. The van der Waals surface area contributed by atoms with Gasteiger partial charge in [-0.15, -0.1) is 0 Å². The third-order valence-corrected chi connectivity index (χ3v) is 4.54. The summed E-state index contributed by atoms with van der Waals surface area (Å²) in [6.07, 6.45) is 10.7. The third-order valence-electron chi connectivity index (χ3n) is 4.54. The van der Waals surface area contributed by atoms with E-state index in [0.29, 0.717) is 23.3 Å². The first-order valence-corrected chi connectivity index (χ1v) is 9.33. The zero-order valence-electron chi connectivity index (χ0n) is 16.8. The van der Waals surface area contributed by atoms with Crippen LogP contribution in [0.5, 0.6) is 11.5 Å². The Morgan fingerprint density at radius 1 is 1.21 bits per heavy atom. The fourth-order valence-electron chi connectivity index (χ4n) is 3.01. The second-order valence-corrected chi connectivity index (χ2v) is 6.87. The van der Waals surface area contributed by atoms with Crippen LogP contribution in [0, 0.1) is 0 Å². The predicted molar refractivity (Wildman–Crippen MR) is 115 cm³/mol. The number of hydrogen-bond donors (Lipinski definition) is 1. The molecule has 0 amide bonds. The molecule has 0 unspecified atom stereocenters. The fourth-order valence-corrected chi connectivity index (χ4v) is 3.01. The van der Waals surface area contributed by atoms with E-state index >= 15 is 0 Å². The standard InChI is InChI=1S/C24H24N2O3/c1-17(2)9-12-20-21(29-3)15-19(11-10-18-7-5-4-6-8-18)22(23(20)27)24(28)26-14-13-25-16-26/h4-11,13-16,27H,12H2,1-3H3/b11-10+. The van der Waals surface area contributed by atoms with Crippen molar-refractivity contribution in [2.75, 3.05) is 7.11 Å². The SMILES string of the molecule is COc1cc(/C=C/c2ccccc2)c(C(=O)n2ccnc2)c(O)c1CC=C(C)C. The number of aromatic hydroxyl groups is 1. The van der Waals surface area contributed by atoms with E-state index in [0.717, 1.165) is 11.1 Å². The van der Waals surface area contributed by atoms with Crippen molar-refractivity contribution in [2.24, 2.45) is 0 Å². The molecular formula is C24H24N2O3. The Balaban J connectivity index is 2.17. The topological polar surface area (TPSA) is 64.4 Å². The van der Waals surface area contributed by atoms with Gasteiger partial charge in [-0.1, -0.05) is 54.1 Å². The van der Waals surface area contributed by atoms with Crippen molar-refractivity contribution >= 4 is 18.1 Å². The van der Waals surface area contributed by atoms with E-state index in [9.17, 15) is 9.90 Å². The van der Waals surface area contributed by atoms with Gasteiger partial charge in [0, 0.05) is 18.0 Å². The molecule has 5 nitrogen and oxygen atoms in total. The Labute approximate surface area is 170 Å². The Hall–Kier alpha value is -3.60. The van der Waals surface area contributed by atoms with Crippen LogP contribution in [0.1, 0.15) is 40.9 Å². The minimum Gasteiger partial charge on any atom is -0.507 e. The number of rotatable bonds is 6. The molecule has 0 aliphatic heterocycles. The average molecular weight is 388 g/mol. The highest BCUT2D eigenvalue weighted by Gasteiger charge is 2.23. The van der Waals surface area contributed by atoms with Gasteiger partial charge in [-0.2, -0.15) is 0 Å². The molecule has 2 aromatic carbocycles. The van der Waals surface area contributed by atoms with Gasteiger partial charge in [0.1, 0.15) is 17.8 Å². The van der Waals surface area contributed by atoms with Crippen molar-refractivity contribution < 1.29 is 14.6 Å². The number of carbonyl (C=O) groups excluding carboxylic acids is 1. The minimum atomic E-state index is -0.353. The molecule has 148 valence electrons. The van der Waals surface area contributed by atoms with Crippen LogP contribution in [0.15, 0.2) is 66.8 Å². The highest BCUT2D eigenvalue weighted by atomic mass is 16.5. The lowest BCUT2D eigenvalue weighted by molar-refractivity contribution is 0.0956. The van der Waals surface area contributed by atoms with E-state index in [-0.39, 0.29) is 17.2 Å². The molecule has 0 atom stereocenters. The normalized spacial score (nSPS) is 10.9. The lowest BCUT2D eigenvalue weighted by Crippen LogP contribution is -2.13. The molecular weight excluding hydrogens is 364 g/mol. The van der Waals surface area contributed by atoms with Crippen LogP contribution in [0.3, 0.4) is 0 Å². The summed E-state index contributed by atoms with van der Waals surface area (Å²) in [4.78, 5) is 17.1. The molecule has 29 heavy (non-hydrogen) atoms. The Morgan fingerprint density at radius 2 is 1.97 bits per heavy atom. The lowest BCUT2D eigenvalue weighted by Gasteiger charge is -2.16. The maximum absolute atomic E-state index is 13.1. The van der Waals surface area contributed by atoms with Crippen LogP contribution in [0.2, 0.25) is 0 Å². The first kappa shape index (κ1) is 20.1. The molecule has 0 aliphatic rings. The number of phenolic OH excluding ortho intramolecular Hbond substituents is 1. The number of imidazole rings is 1. The number of carbonyl (C=O) groups is 1. The number of benzene rings is 2. The molecule has 5 heteroatoms. The smallest absolute Gasteiger partial charge is 0.267 e. The van der Waals surface area contributed by atoms with Gasteiger partial charge in [0.2, 0.25) is 0 Å². The molecule has 0 saturated heterocycles. The molecule has 0 spiro atoms. The van der Waals surface area contributed by atoms with Crippen molar-refractivity contribution in [3.05, 3.63) is 89.0 Å². The number of nitrogens with zero attached hydrogens (tertiary/aromatic N) is 2. The van der Waals surface area contributed by atoms with E-state index in [1.54, 1.807) is 19.4 Å². The summed E-state index contributed by atoms with van der Waals surface area (Å²) < 4.78 is 6.88. The number of methoxy groups -OCH3 is 1. The van der Waals surface area contributed by atoms with E-state index in [1.807, 2.05) is 62.4 Å². The summed E-state index contributed by atoms with van der Waals surface area (Å²) in [7, 11) is 1.56. The number of hydrogen-bond acceptors (Lipinski definition) is 4. The van der Waals surface area contributed by atoms with E-state index in [4.69, 9.17) is 4.74 Å². The molecule has 1 N–H and O–H groups in total. The quantitative estimate of drug-likeness (QED) is 0.479. The molecule has 0 radical (unpaired) electrons. The van der Waals surface area contributed by atoms with Crippen LogP contribution >= 0.6 is 0 Å². The van der Waals surface area contributed by atoms with Gasteiger partial charge in [0.05, 0.1) is 12.7 Å². The van der Waals surface area contributed by atoms with E-state index in [2.05, 4.69) is 4.98 Å². The minimum absolute atomic E-state index is 0.0757. The average Bonchev–Trinajstić information content (AvgIpc) is 3.26. The van der Waals surface area contributed by atoms with Crippen LogP contribution in [-0.4, -0.2) is 27.7 Å². The van der Waals surface area contributed by atoms with E-state index < -0.39 is 0 Å². The van der Waals surface area contributed by atoms with Gasteiger partial charge in [-0.3, -0.25) is 9.36 Å². The number of phenols is 1. The first-order valence-electron chi connectivity index (χ1n) is 9.33. The molecule has 1 heterocycles. The summed E-state index contributed by atoms with van der Waals surface area (Å²) in [5.74, 6) is 0.108. The third kappa shape index (κ3) is 4.63. The van der Waals surface area contributed by atoms with Gasteiger partial charge in [-0.05, 0) is 37.5 Å². The number of ether oxygens (including phenoxy) is 1. The number of allylic oxidation sites excluding steroid dienone is 2. The zero-order valence-corrected chi connectivity index (χ0v) is 16.8. The van der Waals surface area contributed by atoms with E-state index in [1.165, 1.54) is 17.1 Å². The van der Waals surface area contributed by atoms with Crippen LogP contribution in [-0.2, 0) is 6.42 Å². The molecule has 0 fully saturated rings. The van der Waals surface area contributed by atoms with Crippen LogP contribution < -0.4 is 4.74 Å². The van der Waals surface area contributed by atoms with Crippen molar-refractivity contribution in [3.63, 3.8) is 0 Å². The number of aromatic nitrogens is 2.